The van der Waals surface area contributed by atoms with Crippen LogP contribution in [0.25, 0.3) is 5.70 Å². The third-order valence-electron chi connectivity index (χ3n) is 3.70. The fourth-order valence-electron chi connectivity index (χ4n) is 2.73. The monoisotopic (exact) mass is 249 g/mol. The van der Waals surface area contributed by atoms with E-state index >= 15 is 0 Å². The number of anilines is 1. The van der Waals surface area contributed by atoms with Crippen LogP contribution >= 0.6 is 0 Å². The largest absolute Gasteiger partial charge is 0.288 e. The van der Waals surface area contributed by atoms with Crippen molar-refractivity contribution in [3.8, 4) is 0 Å². The Morgan fingerprint density at radius 3 is 2.58 bits per heavy atom. The van der Waals surface area contributed by atoms with Gasteiger partial charge in [-0.3, -0.25) is 10.0 Å². The summed E-state index contributed by atoms with van der Waals surface area (Å²) in [5.74, 6) is 0. The SMILES string of the molecule is C1=C2c3ccccc3CCN2NN1c1ccccc1. The van der Waals surface area contributed by atoms with Gasteiger partial charge in [-0.15, -0.1) is 5.53 Å². The van der Waals surface area contributed by atoms with Gasteiger partial charge in [-0.2, -0.15) is 0 Å². The lowest BCUT2D eigenvalue weighted by Gasteiger charge is -2.29. The van der Waals surface area contributed by atoms with E-state index in [0.29, 0.717) is 0 Å². The highest BCUT2D eigenvalue weighted by Gasteiger charge is 2.27. The first kappa shape index (κ1) is 10.6. The molecule has 0 bridgehead atoms. The molecule has 94 valence electrons. The summed E-state index contributed by atoms with van der Waals surface area (Å²) in [6.07, 6.45) is 3.26. The van der Waals surface area contributed by atoms with Crippen molar-refractivity contribution in [2.45, 2.75) is 6.42 Å². The van der Waals surface area contributed by atoms with Gasteiger partial charge < -0.3 is 0 Å². The lowest BCUT2D eigenvalue weighted by atomic mass is 9.98. The number of benzene rings is 2. The quantitative estimate of drug-likeness (QED) is 0.838. The van der Waals surface area contributed by atoms with Gasteiger partial charge in [0.05, 0.1) is 11.4 Å². The van der Waals surface area contributed by atoms with E-state index in [0.717, 1.165) is 18.7 Å². The van der Waals surface area contributed by atoms with Gasteiger partial charge >= 0.3 is 0 Å². The molecule has 2 aromatic carbocycles. The predicted molar refractivity (Wildman–Crippen MR) is 76.9 cm³/mol. The van der Waals surface area contributed by atoms with Crippen LogP contribution in [-0.4, -0.2) is 11.6 Å². The van der Waals surface area contributed by atoms with Crippen molar-refractivity contribution < 1.29 is 0 Å². The van der Waals surface area contributed by atoms with E-state index in [4.69, 9.17) is 0 Å². The number of fused-ring (bicyclic) bond motifs is 3. The first-order valence-corrected chi connectivity index (χ1v) is 6.60. The second-order valence-corrected chi connectivity index (χ2v) is 4.88. The molecule has 4 rings (SSSR count). The van der Waals surface area contributed by atoms with Crippen LogP contribution in [0.5, 0.6) is 0 Å². The third kappa shape index (κ3) is 1.71. The molecule has 0 spiro atoms. The Morgan fingerprint density at radius 2 is 1.68 bits per heavy atom. The zero-order valence-electron chi connectivity index (χ0n) is 10.6. The van der Waals surface area contributed by atoms with Gasteiger partial charge in [-0.25, -0.2) is 0 Å². The van der Waals surface area contributed by atoms with E-state index in [2.05, 4.69) is 70.3 Å². The van der Waals surface area contributed by atoms with Crippen LogP contribution in [-0.2, 0) is 6.42 Å². The van der Waals surface area contributed by atoms with Crippen LogP contribution < -0.4 is 10.5 Å². The first-order valence-electron chi connectivity index (χ1n) is 6.60. The Labute approximate surface area is 112 Å². The van der Waals surface area contributed by atoms with E-state index in [9.17, 15) is 0 Å². The van der Waals surface area contributed by atoms with Crippen LogP contribution in [0.15, 0.2) is 60.8 Å². The predicted octanol–water partition coefficient (Wildman–Crippen LogP) is 2.78. The lowest BCUT2D eigenvalue weighted by Crippen LogP contribution is -2.42. The van der Waals surface area contributed by atoms with Crippen molar-refractivity contribution >= 4 is 11.4 Å². The van der Waals surface area contributed by atoms with Crippen LogP contribution in [0.3, 0.4) is 0 Å². The Kier molecular flexibility index (Phi) is 2.32. The summed E-state index contributed by atoms with van der Waals surface area (Å²) >= 11 is 0. The minimum absolute atomic E-state index is 1.01. The number of hydrogen-bond acceptors (Lipinski definition) is 3. The van der Waals surface area contributed by atoms with Crippen LogP contribution in [0, 0.1) is 0 Å². The van der Waals surface area contributed by atoms with Crippen LogP contribution in [0.2, 0.25) is 0 Å². The van der Waals surface area contributed by atoms with Gasteiger partial charge in [-0.1, -0.05) is 42.5 Å². The van der Waals surface area contributed by atoms with Gasteiger partial charge in [0.25, 0.3) is 0 Å². The normalized spacial score (nSPS) is 16.9. The van der Waals surface area contributed by atoms with Crippen molar-refractivity contribution in [2.24, 2.45) is 0 Å². The molecule has 2 aliphatic rings. The molecule has 0 amide bonds. The molecule has 0 aliphatic carbocycles. The maximum atomic E-state index is 3.42. The highest BCUT2D eigenvalue weighted by molar-refractivity contribution is 5.73. The molecule has 1 N–H and O–H groups in total. The summed E-state index contributed by atoms with van der Waals surface area (Å²) in [6.45, 7) is 1.01. The summed E-state index contributed by atoms with van der Waals surface area (Å²) in [6, 6.07) is 19.0. The summed E-state index contributed by atoms with van der Waals surface area (Å²) in [4.78, 5) is 0. The van der Waals surface area contributed by atoms with E-state index in [1.165, 1.54) is 16.8 Å². The minimum Gasteiger partial charge on any atom is -0.288 e. The maximum absolute atomic E-state index is 3.42. The van der Waals surface area contributed by atoms with Gasteiger partial charge in [0.2, 0.25) is 0 Å². The molecule has 3 heteroatoms. The van der Waals surface area contributed by atoms with Crippen molar-refractivity contribution in [3.63, 3.8) is 0 Å². The Morgan fingerprint density at radius 1 is 0.895 bits per heavy atom. The summed E-state index contributed by atoms with van der Waals surface area (Å²) in [7, 11) is 0. The number of nitrogens with zero attached hydrogens (tertiary/aromatic N) is 2. The average molecular weight is 249 g/mol. The number of rotatable bonds is 1. The van der Waals surface area contributed by atoms with E-state index in [1.54, 1.807) is 0 Å². The van der Waals surface area contributed by atoms with Crippen LogP contribution in [0.1, 0.15) is 11.1 Å². The molecule has 0 fully saturated rings. The number of para-hydroxylation sites is 1. The fraction of sp³-hybridized carbons (Fsp3) is 0.125. The molecular formula is C16H15N3. The molecule has 3 nitrogen and oxygen atoms in total. The fourth-order valence-corrected chi connectivity index (χ4v) is 2.73. The molecule has 0 unspecified atom stereocenters. The highest BCUT2D eigenvalue weighted by Crippen LogP contribution is 2.32. The van der Waals surface area contributed by atoms with Gasteiger partial charge in [0.1, 0.15) is 0 Å². The molecular weight excluding hydrogens is 234 g/mol. The lowest BCUT2D eigenvalue weighted by molar-refractivity contribution is 0.307. The van der Waals surface area contributed by atoms with Crippen molar-refractivity contribution in [3.05, 3.63) is 71.9 Å². The Bertz CT molecular complexity index is 633. The van der Waals surface area contributed by atoms with E-state index < -0.39 is 0 Å². The second kappa shape index (κ2) is 4.14. The number of hydrazine groups is 2. The zero-order chi connectivity index (χ0) is 12.7. The third-order valence-corrected chi connectivity index (χ3v) is 3.70. The number of nitrogens with one attached hydrogen (secondary N) is 1. The Hall–Kier alpha value is -2.26. The maximum Gasteiger partial charge on any atom is 0.0791 e. The summed E-state index contributed by atoms with van der Waals surface area (Å²) < 4.78 is 0. The number of hydrogen-bond donors (Lipinski definition) is 1. The van der Waals surface area contributed by atoms with Crippen molar-refractivity contribution in [1.82, 2.24) is 10.5 Å². The second-order valence-electron chi connectivity index (χ2n) is 4.88. The summed E-state index contributed by atoms with van der Waals surface area (Å²) in [5.41, 5.74) is 8.60. The van der Waals surface area contributed by atoms with Gasteiger partial charge in [0, 0.05) is 18.3 Å². The highest BCUT2D eigenvalue weighted by atomic mass is 15.8. The standard InChI is InChI=1S/C16H15N3/c1-2-7-14(8-3-1)19-12-16-15-9-5-4-6-13(15)10-11-18(16)17-19/h1-9,12,17H,10-11H2. The smallest absolute Gasteiger partial charge is 0.0791 e. The minimum atomic E-state index is 1.01. The van der Waals surface area contributed by atoms with Crippen LogP contribution in [0.4, 0.5) is 5.69 Å². The molecule has 0 radical (unpaired) electrons. The molecule has 0 atom stereocenters. The molecule has 2 aromatic rings. The van der Waals surface area contributed by atoms with Gasteiger partial charge in [-0.05, 0) is 24.1 Å². The van der Waals surface area contributed by atoms with Crippen molar-refractivity contribution in [2.75, 3.05) is 11.6 Å². The average Bonchev–Trinajstić information content (AvgIpc) is 2.93. The molecule has 2 aliphatic heterocycles. The molecule has 0 aromatic heterocycles. The molecule has 19 heavy (non-hydrogen) atoms. The van der Waals surface area contributed by atoms with Crippen molar-refractivity contribution in [1.29, 1.82) is 0 Å². The zero-order valence-corrected chi connectivity index (χ0v) is 10.6. The van der Waals surface area contributed by atoms with E-state index in [-0.39, 0.29) is 0 Å². The Balaban J connectivity index is 1.75. The molecule has 0 saturated heterocycles. The van der Waals surface area contributed by atoms with Gasteiger partial charge in [0.15, 0.2) is 0 Å². The topological polar surface area (TPSA) is 18.5 Å². The molecule has 0 saturated carbocycles. The first-order chi connectivity index (χ1) is 9.42. The van der Waals surface area contributed by atoms with E-state index in [1.807, 2.05) is 6.07 Å². The summed E-state index contributed by atoms with van der Waals surface area (Å²) in [5, 5.41) is 4.30. The molecule has 2 heterocycles.